The first-order chi connectivity index (χ1) is 15.7. The number of hydrogen-bond acceptors (Lipinski definition) is 5. The van der Waals surface area contributed by atoms with Gasteiger partial charge in [-0.15, -0.1) is 0 Å². The van der Waals surface area contributed by atoms with Crippen molar-refractivity contribution in [1.29, 1.82) is 0 Å². The number of carbonyl (C=O) groups is 1. The van der Waals surface area contributed by atoms with E-state index >= 15 is 0 Å². The standard InChI is InChI=1S/C22H19Cl2FN2O5S/c1-31-20-10-8-15(12-21(20)32-2)33(29,30)27(19-6-4-3-5-17(19)25)13-22(28)26-18-11-14(23)7-9-16(18)24/h3-12H,13H2,1-2H3,(H,26,28). The van der Waals surface area contributed by atoms with Gasteiger partial charge in [-0.05, 0) is 42.5 Å². The summed E-state index contributed by atoms with van der Waals surface area (Å²) in [6.45, 7) is -0.736. The molecule has 0 bridgehead atoms. The van der Waals surface area contributed by atoms with Gasteiger partial charge in [0.15, 0.2) is 11.5 Å². The lowest BCUT2D eigenvalue weighted by Crippen LogP contribution is -2.38. The molecule has 0 radical (unpaired) electrons. The van der Waals surface area contributed by atoms with E-state index in [9.17, 15) is 17.6 Å². The second kappa shape index (κ2) is 10.3. The zero-order chi connectivity index (χ0) is 24.2. The Morgan fingerprint density at radius 1 is 1.00 bits per heavy atom. The average molecular weight is 513 g/mol. The van der Waals surface area contributed by atoms with Crippen LogP contribution in [0.15, 0.2) is 65.6 Å². The lowest BCUT2D eigenvalue weighted by atomic mass is 10.3. The first-order valence-corrected chi connectivity index (χ1v) is 11.6. The molecule has 0 atom stereocenters. The molecule has 3 aromatic carbocycles. The lowest BCUT2D eigenvalue weighted by molar-refractivity contribution is -0.114. The van der Waals surface area contributed by atoms with E-state index < -0.39 is 28.3 Å². The highest BCUT2D eigenvalue weighted by Crippen LogP contribution is 2.33. The van der Waals surface area contributed by atoms with Crippen LogP contribution in [0.25, 0.3) is 0 Å². The SMILES string of the molecule is COc1ccc(S(=O)(=O)N(CC(=O)Nc2cc(Cl)ccc2Cl)c2ccccc2F)cc1OC. The van der Waals surface area contributed by atoms with Gasteiger partial charge in [-0.25, -0.2) is 12.8 Å². The zero-order valence-corrected chi connectivity index (χ0v) is 19.8. The minimum Gasteiger partial charge on any atom is -0.493 e. The number of halogens is 3. The summed E-state index contributed by atoms with van der Waals surface area (Å²) in [4.78, 5) is 12.6. The molecule has 11 heteroatoms. The molecule has 0 aliphatic heterocycles. The Kier molecular flexibility index (Phi) is 7.68. The predicted octanol–water partition coefficient (Wildman–Crippen LogP) is 4.98. The molecule has 0 unspecified atom stereocenters. The highest BCUT2D eigenvalue weighted by molar-refractivity contribution is 7.92. The number of methoxy groups -OCH3 is 2. The number of anilines is 2. The highest BCUT2D eigenvalue weighted by atomic mass is 35.5. The molecule has 1 N–H and O–H groups in total. The molecule has 0 aliphatic rings. The summed E-state index contributed by atoms with van der Waals surface area (Å²) in [5.74, 6) is -1.12. The van der Waals surface area contributed by atoms with Crippen LogP contribution in [0.3, 0.4) is 0 Å². The summed E-state index contributed by atoms with van der Waals surface area (Å²) < 4.78 is 52.6. The molecule has 0 aliphatic carbocycles. The van der Waals surface area contributed by atoms with Crippen molar-refractivity contribution in [2.24, 2.45) is 0 Å². The van der Waals surface area contributed by atoms with E-state index in [0.29, 0.717) is 15.1 Å². The number of rotatable bonds is 8. The van der Waals surface area contributed by atoms with Crippen molar-refractivity contribution in [3.63, 3.8) is 0 Å². The summed E-state index contributed by atoms with van der Waals surface area (Å²) in [5, 5.41) is 3.03. The molecule has 0 saturated carbocycles. The molecule has 0 heterocycles. The van der Waals surface area contributed by atoms with Crippen molar-refractivity contribution in [3.8, 4) is 11.5 Å². The normalized spacial score (nSPS) is 11.1. The molecule has 0 aromatic heterocycles. The molecule has 0 saturated heterocycles. The summed E-state index contributed by atoms with van der Waals surface area (Å²) >= 11 is 12.0. The molecule has 33 heavy (non-hydrogen) atoms. The third-order valence-electron chi connectivity index (χ3n) is 4.55. The van der Waals surface area contributed by atoms with Gasteiger partial charge in [-0.1, -0.05) is 35.3 Å². The fraction of sp³-hybridized carbons (Fsp3) is 0.136. The van der Waals surface area contributed by atoms with Crippen molar-refractivity contribution < 1.29 is 27.1 Å². The van der Waals surface area contributed by atoms with Crippen LogP contribution < -0.4 is 19.1 Å². The van der Waals surface area contributed by atoms with Crippen molar-refractivity contribution in [1.82, 2.24) is 0 Å². The third kappa shape index (κ3) is 5.50. The van der Waals surface area contributed by atoms with Gasteiger partial charge < -0.3 is 14.8 Å². The topological polar surface area (TPSA) is 84.9 Å². The minimum absolute atomic E-state index is 0.155. The summed E-state index contributed by atoms with van der Waals surface area (Å²) in [6.07, 6.45) is 0. The Bertz CT molecular complexity index is 1290. The second-order valence-electron chi connectivity index (χ2n) is 6.65. The Labute approximate surface area is 200 Å². The van der Waals surface area contributed by atoms with E-state index in [1.54, 1.807) is 0 Å². The molecule has 1 amide bonds. The molecular weight excluding hydrogens is 494 g/mol. The highest BCUT2D eigenvalue weighted by Gasteiger charge is 2.30. The quantitative estimate of drug-likeness (QED) is 0.459. The van der Waals surface area contributed by atoms with Gasteiger partial charge >= 0.3 is 0 Å². The van der Waals surface area contributed by atoms with Crippen LogP contribution in [0.2, 0.25) is 10.0 Å². The van der Waals surface area contributed by atoms with Gasteiger partial charge in [-0.3, -0.25) is 9.10 Å². The van der Waals surface area contributed by atoms with E-state index in [-0.39, 0.29) is 27.0 Å². The molecule has 174 valence electrons. The van der Waals surface area contributed by atoms with Crippen LogP contribution in [0.5, 0.6) is 11.5 Å². The minimum atomic E-state index is -4.40. The van der Waals surface area contributed by atoms with E-state index in [4.69, 9.17) is 32.7 Å². The van der Waals surface area contributed by atoms with Crippen molar-refractivity contribution in [2.75, 3.05) is 30.4 Å². The van der Waals surface area contributed by atoms with Crippen LogP contribution >= 0.6 is 23.2 Å². The van der Waals surface area contributed by atoms with Gasteiger partial charge in [0.2, 0.25) is 5.91 Å². The average Bonchev–Trinajstić information content (AvgIpc) is 2.79. The number of carbonyl (C=O) groups excluding carboxylic acids is 1. The Balaban J connectivity index is 2.02. The first kappa shape index (κ1) is 24.6. The van der Waals surface area contributed by atoms with Crippen molar-refractivity contribution >= 4 is 50.5 Å². The maximum atomic E-state index is 14.6. The van der Waals surface area contributed by atoms with Crippen molar-refractivity contribution in [2.45, 2.75) is 4.90 Å². The molecule has 0 fully saturated rings. The summed E-state index contributed by atoms with van der Waals surface area (Å²) in [7, 11) is -1.64. The van der Waals surface area contributed by atoms with E-state index in [2.05, 4.69) is 5.32 Å². The van der Waals surface area contributed by atoms with Crippen molar-refractivity contribution in [3.05, 3.63) is 76.5 Å². The van der Waals surface area contributed by atoms with E-state index in [1.807, 2.05) is 0 Å². The third-order valence-corrected chi connectivity index (χ3v) is 6.87. The Morgan fingerprint density at radius 3 is 2.36 bits per heavy atom. The number of hydrogen-bond donors (Lipinski definition) is 1. The fourth-order valence-electron chi connectivity index (χ4n) is 2.97. The fourth-order valence-corrected chi connectivity index (χ4v) is 4.75. The molecule has 3 rings (SSSR count). The second-order valence-corrected chi connectivity index (χ2v) is 9.36. The maximum Gasteiger partial charge on any atom is 0.265 e. The van der Waals surface area contributed by atoms with Crippen LogP contribution in [-0.2, 0) is 14.8 Å². The summed E-state index contributed by atoms with van der Waals surface area (Å²) in [5.41, 5.74) is -0.120. The molecule has 0 spiro atoms. The number of nitrogens with one attached hydrogen (secondary N) is 1. The number of amides is 1. The van der Waals surface area contributed by atoms with Crippen LogP contribution in [0.1, 0.15) is 0 Å². The number of nitrogens with zero attached hydrogens (tertiary/aromatic N) is 1. The van der Waals surface area contributed by atoms with Crippen LogP contribution in [0, 0.1) is 5.82 Å². The van der Waals surface area contributed by atoms with Gasteiger partial charge in [-0.2, -0.15) is 0 Å². The first-order valence-electron chi connectivity index (χ1n) is 9.41. The Morgan fingerprint density at radius 2 is 1.70 bits per heavy atom. The van der Waals surface area contributed by atoms with Gasteiger partial charge in [0.25, 0.3) is 10.0 Å². The maximum absolute atomic E-state index is 14.6. The van der Waals surface area contributed by atoms with E-state index in [1.165, 1.54) is 68.8 Å². The van der Waals surface area contributed by atoms with Crippen LogP contribution in [0.4, 0.5) is 15.8 Å². The monoisotopic (exact) mass is 512 g/mol. The number of para-hydroxylation sites is 1. The number of benzene rings is 3. The number of sulfonamides is 1. The Hall–Kier alpha value is -3.01. The van der Waals surface area contributed by atoms with Gasteiger partial charge in [0.1, 0.15) is 12.4 Å². The summed E-state index contributed by atoms with van der Waals surface area (Å²) in [6, 6.07) is 13.6. The largest absolute Gasteiger partial charge is 0.493 e. The molecular formula is C22H19Cl2FN2O5S. The zero-order valence-electron chi connectivity index (χ0n) is 17.5. The predicted molar refractivity (Wildman–Crippen MR) is 126 cm³/mol. The molecule has 3 aromatic rings. The van der Waals surface area contributed by atoms with Gasteiger partial charge in [0.05, 0.1) is 35.5 Å². The molecule has 7 nitrogen and oxygen atoms in total. The smallest absolute Gasteiger partial charge is 0.265 e. The van der Waals surface area contributed by atoms with Crippen LogP contribution in [-0.4, -0.2) is 35.1 Å². The lowest BCUT2D eigenvalue weighted by Gasteiger charge is -2.25. The van der Waals surface area contributed by atoms with E-state index in [0.717, 1.165) is 6.07 Å². The van der Waals surface area contributed by atoms with Gasteiger partial charge in [0, 0.05) is 11.1 Å². The number of ether oxygens (including phenoxy) is 2.